The van der Waals surface area contributed by atoms with Crippen LogP contribution in [0.1, 0.15) is 56.1 Å². The molecule has 0 radical (unpaired) electrons. The summed E-state index contributed by atoms with van der Waals surface area (Å²) in [4.78, 5) is 27.6. The van der Waals surface area contributed by atoms with Crippen molar-refractivity contribution in [3.63, 3.8) is 0 Å². The Morgan fingerprint density at radius 2 is 2.07 bits per heavy atom. The number of aliphatic carboxylic acids is 1. The van der Waals surface area contributed by atoms with E-state index in [1.165, 1.54) is 24.8 Å². The number of nitrogens with zero attached hydrogens (tertiary/aromatic N) is 1. The summed E-state index contributed by atoms with van der Waals surface area (Å²) in [6.07, 6.45) is 6.34. The van der Waals surface area contributed by atoms with Gasteiger partial charge in [0.2, 0.25) is 12.5 Å². The van der Waals surface area contributed by atoms with Crippen molar-refractivity contribution in [3.05, 3.63) is 35.4 Å². The lowest BCUT2D eigenvalue weighted by atomic mass is 9.54. The maximum absolute atomic E-state index is 11.5. The summed E-state index contributed by atoms with van der Waals surface area (Å²) >= 11 is 0. The first-order valence-electron chi connectivity index (χ1n) is 11.1. The number of nitrogens with two attached hydrogens (primary N) is 1. The Morgan fingerprint density at radius 3 is 2.79 bits per heavy atom. The van der Waals surface area contributed by atoms with Crippen LogP contribution in [0, 0.1) is 28.6 Å². The van der Waals surface area contributed by atoms with Crippen molar-refractivity contribution >= 4 is 17.6 Å². The molecule has 5 rings (SSSR count). The summed E-state index contributed by atoms with van der Waals surface area (Å²) in [6, 6.07) is 8.27. The largest absolute Gasteiger partial charge is 0.479 e. The van der Waals surface area contributed by atoms with Gasteiger partial charge in [-0.15, -0.1) is 0 Å². The maximum Gasteiger partial charge on any atom is 0.344 e. The van der Waals surface area contributed by atoms with Gasteiger partial charge in [0.25, 0.3) is 0 Å². The van der Waals surface area contributed by atoms with Crippen LogP contribution in [-0.4, -0.2) is 29.3 Å². The molecule has 0 heterocycles. The number of primary amides is 1. The van der Waals surface area contributed by atoms with Gasteiger partial charge < -0.3 is 15.7 Å². The van der Waals surface area contributed by atoms with Gasteiger partial charge in [-0.3, -0.25) is 4.79 Å². The van der Waals surface area contributed by atoms with E-state index >= 15 is 0 Å². The van der Waals surface area contributed by atoms with Crippen LogP contribution in [-0.2, 0) is 20.8 Å². The first kappa shape index (κ1) is 17.5. The van der Waals surface area contributed by atoms with Gasteiger partial charge in [0.15, 0.2) is 1.41 Å². The number of carboxylic acid groups (broad SMARTS) is 1. The van der Waals surface area contributed by atoms with E-state index in [1.54, 1.807) is 0 Å². The number of oxime groups is 1. The molecule has 1 aromatic carbocycles. The fourth-order valence-corrected chi connectivity index (χ4v) is 7.67. The Kier molecular flexibility index (Phi) is 3.81. The molecule has 6 heteroatoms. The molecular weight excluding hydrogens is 368 g/mol. The highest BCUT2D eigenvalue weighted by molar-refractivity contribution is 5.90. The van der Waals surface area contributed by atoms with Gasteiger partial charge in [0.1, 0.15) is 0 Å². The molecule has 6 atom stereocenters. The Balaban J connectivity index is 1.48. The SMILES string of the molecule is [2H]NC(=O)Cc1ccc(C2C3CC4CC5CC2(/C(C)=N/OCC(=O)O)CC45C3)cc1. The van der Waals surface area contributed by atoms with Gasteiger partial charge in [-0.1, -0.05) is 29.4 Å². The van der Waals surface area contributed by atoms with Gasteiger partial charge in [-0.2, -0.15) is 0 Å². The number of carbonyl (C=O) groups excluding carboxylic acids is 1. The van der Waals surface area contributed by atoms with Crippen molar-refractivity contribution in [1.82, 2.24) is 0 Å². The van der Waals surface area contributed by atoms with E-state index in [-0.39, 0.29) is 17.7 Å². The number of fused-ring (bicyclic) bond motifs is 2. The molecule has 29 heavy (non-hydrogen) atoms. The fraction of sp³-hybridized carbons (Fsp3) is 0.609. The Morgan fingerprint density at radius 1 is 1.28 bits per heavy atom. The molecule has 1 amide bonds. The first-order chi connectivity index (χ1) is 14.4. The number of rotatable bonds is 7. The normalized spacial score (nSPS) is 39.5. The molecule has 3 bridgehead atoms. The lowest BCUT2D eigenvalue weighted by Crippen LogP contribution is -2.43. The van der Waals surface area contributed by atoms with Crippen LogP contribution in [0.15, 0.2) is 29.4 Å². The molecule has 1 aromatic rings. The highest BCUT2D eigenvalue weighted by atomic mass is 16.6. The summed E-state index contributed by atoms with van der Waals surface area (Å²) in [5.74, 6) is 1.21. The molecular formula is C23H28N2O4. The van der Waals surface area contributed by atoms with E-state index in [9.17, 15) is 9.59 Å². The van der Waals surface area contributed by atoms with E-state index in [0.717, 1.165) is 36.0 Å². The zero-order valence-electron chi connectivity index (χ0n) is 17.7. The smallest absolute Gasteiger partial charge is 0.344 e. The van der Waals surface area contributed by atoms with Gasteiger partial charge in [-0.05, 0) is 79.2 Å². The van der Waals surface area contributed by atoms with Crippen LogP contribution in [0.4, 0.5) is 0 Å². The molecule has 4 aliphatic carbocycles. The maximum atomic E-state index is 11.5. The molecule has 1 spiro atoms. The molecule has 154 valence electrons. The molecule has 6 nitrogen and oxygen atoms in total. The monoisotopic (exact) mass is 397 g/mol. The predicted molar refractivity (Wildman–Crippen MR) is 107 cm³/mol. The number of hydrogen-bond donors (Lipinski definition) is 2. The summed E-state index contributed by atoms with van der Waals surface area (Å²) in [5, 5.41) is 13.2. The number of hydrogen-bond acceptors (Lipinski definition) is 4. The van der Waals surface area contributed by atoms with E-state index in [1.807, 2.05) is 24.8 Å². The zero-order valence-corrected chi connectivity index (χ0v) is 16.7. The highest BCUT2D eigenvalue weighted by Crippen LogP contribution is 2.81. The highest BCUT2D eigenvalue weighted by Gasteiger charge is 2.74. The standard InChI is InChI=1S/C23H28N2O4/c1-13(25-29-11-20(27)28)22-10-18-8-17-7-16(9-23(17,18)12-22)21(22)15-4-2-14(3-5-15)6-19(24)26/h2-5,16-18,21H,6-12H2,1H3,(H2,24,26)(H,27,28)/b25-13+/i/hD. The average Bonchev–Trinajstić information content (AvgIpc) is 3.07. The van der Waals surface area contributed by atoms with Crippen molar-refractivity contribution in [2.24, 2.45) is 39.5 Å². The summed E-state index contributed by atoms with van der Waals surface area (Å²) in [6.45, 7) is 1.61. The van der Waals surface area contributed by atoms with Crippen LogP contribution in [0.5, 0.6) is 0 Å². The fourth-order valence-electron chi connectivity index (χ4n) is 7.67. The van der Waals surface area contributed by atoms with Crippen LogP contribution >= 0.6 is 0 Å². The Labute approximate surface area is 171 Å². The predicted octanol–water partition coefficient (Wildman–Crippen LogP) is 3.10. The first-order valence-corrected chi connectivity index (χ1v) is 10.6. The van der Waals surface area contributed by atoms with Gasteiger partial charge >= 0.3 is 5.97 Å². The molecule has 0 saturated heterocycles. The average molecular weight is 397 g/mol. The van der Waals surface area contributed by atoms with Gasteiger partial charge in [-0.25, -0.2) is 4.79 Å². The number of carbonyl (C=O) groups is 2. The van der Waals surface area contributed by atoms with E-state index in [2.05, 4.69) is 17.3 Å². The van der Waals surface area contributed by atoms with Gasteiger partial charge in [0.05, 0.1) is 12.1 Å². The Bertz CT molecular complexity index is 916. The molecule has 0 aromatic heterocycles. The summed E-state index contributed by atoms with van der Waals surface area (Å²) < 4.78 is 6.99. The Hall–Kier alpha value is -2.37. The molecule has 3 N–H and O–H groups in total. The van der Waals surface area contributed by atoms with E-state index in [0.29, 0.717) is 17.3 Å². The third kappa shape index (κ3) is 2.64. The minimum atomic E-state index is -1.01. The lowest BCUT2D eigenvalue weighted by Gasteiger charge is -2.50. The van der Waals surface area contributed by atoms with Crippen molar-refractivity contribution < 1.29 is 20.9 Å². The lowest BCUT2D eigenvalue weighted by molar-refractivity contribution is -0.142. The van der Waals surface area contributed by atoms with Crippen LogP contribution in [0.2, 0.25) is 1.41 Å². The second-order valence-corrected chi connectivity index (χ2v) is 9.76. The summed E-state index contributed by atoms with van der Waals surface area (Å²) in [7, 11) is 0. The quantitative estimate of drug-likeness (QED) is 0.545. The minimum absolute atomic E-state index is 0.0720. The third-order valence-corrected chi connectivity index (χ3v) is 8.56. The molecule has 4 aliphatic rings. The summed E-state index contributed by atoms with van der Waals surface area (Å²) in [5.41, 5.74) is 5.44. The van der Waals surface area contributed by atoms with E-state index < -0.39 is 12.6 Å². The van der Waals surface area contributed by atoms with E-state index in [4.69, 9.17) is 11.4 Å². The van der Waals surface area contributed by atoms with Crippen LogP contribution in [0.3, 0.4) is 0 Å². The van der Waals surface area contributed by atoms with Gasteiger partial charge in [0, 0.05) is 5.41 Å². The second-order valence-electron chi connectivity index (χ2n) is 9.76. The minimum Gasteiger partial charge on any atom is -0.479 e. The van der Waals surface area contributed by atoms with Crippen LogP contribution in [0.25, 0.3) is 0 Å². The zero-order chi connectivity index (χ0) is 21.1. The topological polar surface area (TPSA) is 102 Å². The number of amides is 1. The second kappa shape index (κ2) is 6.31. The van der Waals surface area contributed by atoms with Crippen molar-refractivity contribution in [3.8, 4) is 0 Å². The van der Waals surface area contributed by atoms with Crippen LogP contribution < -0.4 is 5.73 Å². The number of benzene rings is 1. The molecule has 4 fully saturated rings. The third-order valence-electron chi connectivity index (χ3n) is 8.56. The molecule has 6 unspecified atom stereocenters. The molecule has 4 saturated carbocycles. The van der Waals surface area contributed by atoms with Crippen molar-refractivity contribution in [2.75, 3.05) is 6.61 Å². The van der Waals surface area contributed by atoms with Crippen molar-refractivity contribution in [2.45, 2.75) is 51.4 Å². The molecule has 0 aliphatic heterocycles. The number of carboxylic acids is 1. The van der Waals surface area contributed by atoms with Crippen molar-refractivity contribution in [1.29, 1.82) is 0 Å².